The van der Waals surface area contributed by atoms with Gasteiger partial charge in [-0.1, -0.05) is 37.2 Å². The second kappa shape index (κ2) is 7.05. The van der Waals surface area contributed by atoms with Gasteiger partial charge in [0.1, 0.15) is 5.75 Å². The van der Waals surface area contributed by atoms with Crippen molar-refractivity contribution in [1.82, 2.24) is 15.5 Å². The van der Waals surface area contributed by atoms with Crippen molar-refractivity contribution in [2.75, 3.05) is 6.54 Å². The molecular formula is C15H21N3O2. The van der Waals surface area contributed by atoms with Crippen LogP contribution in [0.4, 0.5) is 0 Å². The first-order valence-corrected chi connectivity index (χ1v) is 6.98. The number of ether oxygens (including phenoxy) is 1. The highest BCUT2D eigenvalue weighted by Crippen LogP contribution is 2.24. The highest BCUT2D eigenvalue weighted by atomic mass is 16.5. The van der Waals surface area contributed by atoms with Crippen molar-refractivity contribution in [1.29, 1.82) is 0 Å². The Hall–Kier alpha value is -1.88. The fourth-order valence-electron chi connectivity index (χ4n) is 1.94. The third kappa shape index (κ3) is 3.57. The minimum atomic E-state index is 0.303. The zero-order valence-electron chi connectivity index (χ0n) is 12.3. The number of nitrogens with zero attached hydrogens (tertiary/aromatic N) is 2. The van der Waals surface area contributed by atoms with Crippen LogP contribution in [0.2, 0.25) is 0 Å². The van der Waals surface area contributed by atoms with Crippen LogP contribution in [0.25, 0.3) is 0 Å². The Morgan fingerprint density at radius 3 is 2.85 bits per heavy atom. The number of nitrogens with one attached hydrogen (secondary N) is 1. The topological polar surface area (TPSA) is 60.2 Å². The molecule has 1 N–H and O–H groups in total. The van der Waals surface area contributed by atoms with Gasteiger partial charge in [0, 0.05) is 18.5 Å². The van der Waals surface area contributed by atoms with Crippen molar-refractivity contribution in [3.8, 4) is 5.75 Å². The molecular weight excluding hydrogens is 254 g/mol. The standard InChI is InChI=1S/C15H21N3O2/c1-4-13-17-14(20-18-13)10-19-15-11(3)7-6-8-12(15)9-16-5-2/h6-8,16H,4-5,9-10H2,1-3H3. The van der Waals surface area contributed by atoms with E-state index < -0.39 is 0 Å². The lowest BCUT2D eigenvalue weighted by atomic mass is 10.1. The van der Waals surface area contributed by atoms with E-state index >= 15 is 0 Å². The Morgan fingerprint density at radius 1 is 1.30 bits per heavy atom. The summed E-state index contributed by atoms with van der Waals surface area (Å²) < 4.78 is 11.0. The molecule has 0 aliphatic heterocycles. The third-order valence-corrected chi connectivity index (χ3v) is 3.03. The molecule has 0 fully saturated rings. The highest BCUT2D eigenvalue weighted by molar-refractivity contribution is 5.40. The van der Waals surface area contributed by atoms with Crippen LogP contribution in [-0.4, -0.2) is 16.7 Å². The Bertz CT molecular complexity index is 552. The predicted octanol–water partition coefficient (Wildman–Crippen LogP) is 2.63. The van der Waals surface area contributed by atoms with Gasteiger partial charge in [-0.15, -0.1) is 0 Å². The molecule has 0 bridgehead atoms. The van der Waals surface area contributed by atoms with Crippen LogP contribution in [0, 0.1) is 6.92 Å². The minimum Gasteiger partial charge on any atom is -0.483 e. The molecule has 0 saturated carbocycles. The summed E-state index contributed by atoms with van der Waals surface area (Å²) in [6, 6.07) is 6.14. The van der Waals surface area contributed by atoms with E-state index in [1.807, 2.05) is 26.0 Å². The molecule has 5 nitrogen and oxygen atoms in total. The quantitative estimate of drug-likeness (QED) is 0.841. The number of aryl methyl sites for hydroxylation is 2. The molecule has 108 valence electrons. The first-order valence-electron chi connectivity index (χ1n) is 6.98. The van der Waals surface area contributed by atoms with E-state index in [-0.39, 0.29) is 0 Å². The molecule has 5 heteroatoms. The lowest BCUT2D eigenvalue weighted by Crippen LogP contribution is -2.13. The number of aromatic nitrogens is 2. The van der Waals surface area contributed by atoms with Crippen molar-refractivity contribution in [3.63, 3.8) is 0 Å². The fraction of sp³-hybridized carbons (Fsp3) is 0.467. The number of hydrogen-bond donors (Lipinski definition) is 1. The third-order valence-electron chi connectivity index (χ3n) is 3.03. The average molecular weight is 275 g/mol. The van der Waals surface area contributed by atoms with Crippen molar-refractivity contribution in [2.45, 2.75) is 40.3 Å². The molecule has 2 rings (SSSR count). The summed E-state index contributed by atoms with van der Waals surface area (Å²) in [6.45, 7) is 8.13. The second-order valence-electron chi connectivity index (χ2n) is 4.59. The number of para-hydroxylation sites is 1. The van der Waals surface area contributed by atoms with Crippen LogP contribution in [-0.2, 0) is 19.6 Å². The molecule has 0 saturated heterocycles. The Kier molecular flexibility index (Phi) is 5.12. The summed E-state index contributed by atoms with van der Waals surface area (Å²) in [5.74, 6) is 2.12. The van der Waals surface area contributed by atoms with Gasteiger partial charge in [0.25, 0.3) is 5.89 Å². The molecule has 2 aromatic rings. The lowest BCUT2D eigenvalue weighted by Gasteiger charge is -2.13. The summed E-state index contributed by atoms with van der Waals surface area (Å²) in [5.41, 5.74) is 2.25. The number of hydrogen-bond acceptors (Lipinski definition) is 5. The Labute approximate surface area is 119 Å². The molecule has 1 aromatic carbocycles. The zero-order valence-corrected chi connectivity index (χ0v) is 12.3. The molecule has 0 aliphatic rings. The van der Waals surface area contributed by atoms with Gasteiger partial charge < -0.3 is 14.6 Å². The summed E-state index contributed by atoms with van der Waals surface area (Å²) in [7, 11) is 0. The highest BCUT2D eigenvalue weighted by Gasteiger charge is 2.10. The molecule has 20 heavy (non-hydrogen) atoms. The van der Waals surface area contributed by atoms with E-state index in [0.29, 0.717) is 18.3 Å². The summed E-state index contributed by atoms with van der Waals surface area (Å²) in [6.07, 6.45) is 0.763. The van der Waals surface area contributed by atoms with Crippen molar-refractivity contribution in [3.05, 3.63) is 41.0 Å². The van der Waals surface area contributed by atoms with Crippen LogP contribution in [0.5, 0.6) is 5.75 Å². The van der Waals surface area contributed by atoms with Crippen molar-refractivity contribution >= 4 is 0 Å². The van der Waals surface area contributed by atoms with E-state index in [4.69, 9.17) is 9.26 Å². The monoisotopic (exact) mass is 275 g/mol. The van der Waals surface area contributed by atoms with Gasteiger partial charge in [0.2, 0.25) is 0 Å². The molecule has 0 spiro atoms. The minimum absolute atomic E-state index is 0.303. The Balaban J connectivity index is 2.07. The van der Waals surface area contributed by atoms with E-state index in [2.05, 4.69) is 28.4 Å². The van der Waals surface area contributed by atoms with Crippen LogP contribution < -0.4 is 10.1 Å². The van der Waals surface area contributed by atoms with Gasteiger partial charge >= 0.3 is 0 Å². The van der Waals surface area contributed by atoms with Crippen LogP contribution in [0.1, 0.15) is 36.7 Å². The smallest absolute Gasteiger partial charge is 0.264 e. The molecule has 0 unspecified atom stereocenters. The predicted molar refractivity (Wildman–Crippen MR) is 76.6 cm³/mol. The van der Waals surface area contributed by atoms with Gasteiger partial charge in [-0.2, -0.15) is 4.98 Å². The van der Waals surface area contributed by atoms with E-state index in [1.54, 1.807) is 0 Å². The van der Waals surface area contributed by atoms with Crippen LogP contribution >= 0.6 is 0 Å². The fourth-order valence-corrected chi connectivity index (χ4v) is 1.94. The largest absolute Gasteiger partial charge is 0.483 e. The molecule has 1 heterocycles. The molecule has 1 aromatic heterocycles. The van der Waals surface area contributed by atoms with E-state index in [9.17, 15) is 0 Å². The van der Waals surface area contributed by atoms with Gasteiger partial charge in [-0.25, -0.2) is 0 Å². The van der Waals surface area contributed by atoms with Gasteiger partial charge in [0.15, 0.2) is 12.4 Å². The lowest BCUT2D eigenvalue weighted by molar-refractivity contribution is 0.239. The average Bonchev–Trinajstić information content (AvgIpc) is 2.92. The second-order valence-corrected chi connectivity index (χ2v) is 4.59. The first-order chi connectivity index (χ1) is 9.74. The Morgan fingerprint density at radius 2 is 2.15 bits per heavy atom. The first kappa shape index (κ1) is 14.5. The van der Waals surface area contributed by atoms with Crippen LogP contribution in [0.15, 0.2) is 22.7 Å². The molecule has 0 radical (unpaired) electrons. The molecule has 0 aliphatic carbocycles. The van der Waals surface area contributed by atoms with Crippen LogP contribution in [0.3, 0.4) is 0 Å². The van der Waals surface area contributed by atoms with Gasteiger partial charge in [0.05, 0.1) is 0 Å². The SMILES string of the molecule is CCNCc1cccc(C)c1OCc1nc(CC)no1. The van der Waals surface area contributed by atoms with Crippen molar-refractivity contribution in [2.24, 2.45) is 0 Å². The molecule has 0 atom stereocenters. The maximum Gasteiger partial charge on any atom is 0.264 e. The number of benzene rings is 1. The normalized spacial score (nSPS) is 10.8. The maximum atomic E-state index is 5.87. The van der Waals surface area contributed by atoms with E-state index in [0.717, 1.165) is 36.4 Å². The summed E-state index contributed by atoms with van der Waals surface area (Å²) in [5, 5.41) is 7.18. The van der Waals surface area contributed by atoms with E-state index in [1.165, 1.54) is 0 Å². The molecule has 0 amide bonds. The summed E-state index contributed by atoms with van der Waals surface area (Å²) >= 11 is 0. The summed E-state index contributed by atoms with van der Waals surface area (Å²) in [4.78, 5) is 4.25. The maximum absolute atomic E-state index is 5.87. The zero-order chi connectivity index (χ0) is 14.4. The van der Waals surface area contributed by atoms with Crippen molar-refractivity contribution < 1.29 is 9.26 Å². The van der Waals surface area contributed by atoms with Gasteiger partial charge in [-0.05, 0) is 19.0 Å². The number of rotatable bonds is 7. The van der Waals surface area contributed by atoms with Gasteiger partial charge in [-0.3, -0.25) is 0 Å².